The maximum atomic E-state index is 12.4. The van der Waals surface area contributed by atoms with Crippen LogP contribution in [-0.2, 0) is 0 Å². The fraction of sp³-hybridized carbons (Fsp3) is 0.400. The van der Waals surface area contributed by atoms with Gasteiger partial charge in [0.2, 0.25) is 0 Å². The molecule has 6 nitrogen and oxygen atoms in total. The minimum atomic E-state index is -0.141. The standard InChI is InChI=1S/C15H17N3O3/c19-10-11-2-1-7-18(9-11)15(20)13-8-14(21-17-13)12-3-5-16-6-4-12/h3-6,8,11,19H,1-2,7,9-10H2. The van der Waals surface area contributed by atoms with Crippen molar-refractivity contribution in [3.05, 3.63) is 36.3 Å². The molecule has 3 rings (SSSR count). The van der Waals surface area contributed by atoms with Crippen LogP contribution in [0.25, 0.3) is 11.3 Å². The van der Waals surface area contributed by atoms with Crippen molar-refractivity contribution in [1.82, 2.24) is 15.0 Å². The Bertz CT molecular complexity index is 612. The summed E-state index contributed by atoms with van der Waals surface area (Å²) in [4.78, 5) is 18.1. The smallest absolute Gasteiger partial charge is 0.276 e. The lowest BCUT2D eigenvalue weighted by Gasteiger charge is -2.31. The number of pyridine rings is 1. The van der Waals surface area contributed by atoms with Gasteiger partial charge in [0, 0.05) is 43.7 Å². The van der Waals surface area contributed by atoms with Gasteiger partial charge in [0.05, 0.1) is 0 Å². The summed E-state index contributed by atoms with van der Waals surface area (Å²) in [6.45, 7) is 1.39. The molecule has 1 fully saturated rings. The summed E-state index contributed by atoms with van der Waals surface area (Å²) < 4.78 is 5.24. The van der Waals surface area contributed by atoms with Crippen molar-refractivity contribution in [2.75, 3.05) is 19.7 Å². The molecule has 1 atom stereocenters. The first-order valence-electron chi connectivity index (χ1n) is 7.05. The number of carbonyl (C=O) groups excluding carboxylic acids is 1. The molecule has 1 aliphatic rings. The zero-order chi connectivity index (χ0) is 14.7. The minimum Gasteiger partial charge on any atom is -0.396 e. The van der Waals surface area contributed by atoms with Crippen molar-refractivity contribution in [3.63, 3.8) is 0 Å². The van der Waals surface area contributed by atoms with Crippen molar-refractivity contribution in [2.45, 2.75) is 12.8 Å². The van der Waals surface area contributed by atoms with E-state index in [0.717, 1.165) is 18.4 Å². The molecule has 1 N–H and O–H groups in total. The van der Waals surface area contributed by atoms with Gasteiger partial charge in [0.25, 0.3) is 5.91 Å². The largest absolute Gasteiger partial charge is 0.396 e. The monoisotopic (exact) mass is 287 g/mol. The van der Waals surface area contributed by atoms with Crippen LogP contribution in [0.1, 0.15) is 23.3 Å². The molecule has 3 heterocycles. The molecule has 21 heavy (non-hydrogen) atoms. The second-order valence-electron chi connectivity index (χ2n) is 5.25. The van der Waals surface area contributed by atoms with Gasteiger partial charge in [-0.05, 0) is 30.9 Å². The summed E-state index contributed by atoms with van der Waals surface area (Å²) in [5, 5.41) is 13.1. The van der Waals surface area contributed by atoms with E-state index in [4.69, 9.17) is 4.52 Å². The summed E-state index contributed by atoms with van der Waals surface area (Å²) in [6.07, 6.45) is 5.19. The number of aliphatic hydroxyl groups is 1. The first-order chi connectivity index (χ1) is 10.3. The van der Waals surface area contributed by atoms with E-state index in [2.05, 4.69) is 10.1 Å². The predicted octanol–water partition coefficient (Wildman–Crippen LogP) is 1.58. The number of piperidine rings is 1. The summed E-state index contributed by atoms with van der Waals surface area (Å²) in [7, 11) is 0. The molecule has 0 aromatic carbocycles. The Balaban J connectivity index is 1.75. The lowest BCUT2D eigenvalue weighted by Crippen LogP contribution is -2.41. The van der Waals surface area contributed by atoms with Gasteiger partial charge in [0.1, 0.15) is 0 Å². The number of likely N-dealkylation sites (tertiary alicyclic amines) is 1. The van der Waals surface area contributed by atoms with Gasteiger partial charge >= 0.3 is 0 Å². The molecular formula is C15H17N3O3. The first kappa shape index (κ1) is 13.8. The van der Waals surface area contributed by atoms with E-state index in [1.807, 2.05) is 0 Å². The maximum Gasteiger partial charge on any atom is 0.276 e. The second-order valence-corrected chi connectivity index (χ2v) is 5.25. The van der Waals surface area contributed by atoms with Gasteiger partial charge in [-0.2, -0.15) is 0 Å². The van der Waals surface area contributed by atoms with Crippen LogP contribution in [0.15, 0.2) is 35.1 Å². The third-order valence-electron chi connectivity index (χ3n) is 3.76. The molecule has 0 radical (unpaired) electrons. The molecule has 6 heteroatoms. The zero-order valence-electron chi connectivity index (χ0n) is 11.6. The first-order valence-corrected chi connectivity index (χ1v) is 7.05. The quantitative estimate of drug-likeness (QED) is 0.927. The van der Waals surface area contributed by atoms with Gasteiger partial charge in [0.15, 0.2) is 11.5 Å². The Morgan fingerprint density at radius 2 is 2.24 bits per heavy atom. The summed E-state index contributed by atoms with van der Waals surface area (Å²) in [6, 6.07) is 5.26. The number of amides is 1. The lowest BCUT2D eigenvalue weighted by molar-refractivity contribution is 0.0611. The van der Waals surface area contributed by atoms with Crippen molar-refractivity contribution in [2.24, 2.45) is 5.92 Å². The Labute approximate surface area is 122 Å². The number of carbonyl (C=O) groups is 1. The lowest BCUT2D eigenvalue weighted by atomic mass is 9.99. The number of aliphatic hydroxyl groups excluding tert-OH is 1. The van der Waals surface area contributed by atoms with Gasteiger partial charge < -0.3 is 14.5 Å². The van der Waals surface area contributed by atoms with E-state index in [1.54, 1.807) is 35.5 Å². The minimum absolute atomic E-state index is 0.116. The number of rotatable bonds is 3. The van der Waals surface area contributed by atoms with Gasteiger partial charge in [-0.3, -0.25) is 9.78 Å². The SMILES string of the molecule is O=C(c1cc(-c2ccncc2)on1)N1CCCC(CO)C1. The van der Waals surface area contributed by atoms with Crippen LogP contribution in [0.4, 0.5) is 0 Å². The summed E-state index contributed by atoms with van der Waals surface area (Å²) >= 11 is 0. The van der Waals surface area contributed by atoms with E-state index < -0.39 is 0 Å². The molecule has 0 bridgehead atoms. The third kappa shape index (κ3) is 2.95. The van der Waals surface area contributed by atoms with Crippen LogP contribution in [0.3, 0.4) is 0 Å². The normalized spacial score (nSPS) is 18.7. The average molecular weight is 287 g/mol. The highest BCUT2D eigenvalue weighted by molar-refractivity contribution is 5.93. The molecule has 1 saturated heterocycles. The van der Waals surface area contributed by atoms with Crippen molar-refractivity contribution < 1.29 is 14.4 Å². The Hall–Kier alpha value is -2.21. The van der Waals surface area contributed by atoms with Crippen LogP contribution in [0.5, 0.6) is 0 Å². The van der Waals surface area contributed by atoms with Crippen LogP contribution in [0.2, 0.25) is 0 Å². The number of hydrogen-bond acceptors (Lipinski definition) is 5. The summed E-state index contributed by atoms with van der Waals surface area (Å²) in [5.74, 6) is 0.572. The molecular weight excluding hydrogens is 270 g/mol. The number of nitrogens with zero attached hydrogens (tertiary/aromatic N) is 3. The number of hydrogen-bond donors (Lipinski definition) is 1. The molecule has 0 aliphatic carbocycles. The van der Waals surface area contributed by atoms with E-state index in [9.17, 15) is 9.90 Å². The second kappa shape index (κ2) is 6.05. The molecule has 0 saturated carbocycles. The van der Waals surface area contributed by atoms with Crippen molar-refractivity contribution in [1.29, 1.82) is 0 Å². The molecule has 0 spiro atoms. The third-order valence-corrected chi connectivity index (χ3v) is 3.76. The fourth-order valence-corrected chi connectivity index (χ4v) is 2.59. The topological polar surface area (TPSA) is 79.5 Å². The van der Waals surface area contributed by atoms with Crippen molar-refractivity contribution >= 4 is 5.91 Å². The molecule has 1 amide bonds. The van der Waals surface area contributed by atoms with Crippen molar-refractivity contribution in [3.8, 4) is 11.3 Å². The zero-order valence-corrected chi connectivity index (χ0v) is 11.6. The fourth-order valence-electron chi connectivity index (χ4n) is 2.59. The highest BCUT2D eigenvalue weighted by Gasteiger charge is 2.26. The molecule has 1 aliphatic heterocycles. The van der Waals surface area contributed by atoms with Crippen LogP contribution in [0, 0.1) is 5.92 Å². The van der Waals surface area contributed by atoms with E-state index in [-0.39, 0.29) is 18.4 Å². The predicted molar refractivity (Wildman–Crippen MR) is 75.4 cm³/mol. The van der Waals surface area contributed by atoms with Gasteiger partial charge in [-0.1, -0.05) is 5.16 Å². The Kier molecular flexibility index (Phi) is 3.96. The molecule has 1 unspecified atom stereocenters. The van der Waals surface area contributed by atoms with Gasteiger partial charge in [-0.25, -0.2) is 0 Å². The molecule has 2 aromatic heterocycles. The van der Waals surface area contributed by atoms with E-state index in [1.165, 1.54) is 0 Å². The van der Waals surface area contributed by atoms with Crippen LogP contribution < -0.4 is 0 Å². The summed E-state index contributed by atoms with van der Waals surface area (Å²) in [5.41, 5.74) is 1.14. The van der Waals surface area contributed by atoms with Crippen LogP contribution in [-0.4, -0.2) is 45.8 Å². The Morgan fingerprint density at radius 3 is 3.00 bits per heavy atom. The molecule has 110 valence electrons. The van der Waals surface area contributed by atoms with Crippen LogP contribution >= 0.6 is 0 Å². The average Bonchev–Trinajstić information content (AvgIpc) is 3.05. The van der Waals surface area contributed by atoms with Gasteiger partial charge in [-0.15, -0.1) is 0 Å². The number of aromatic nitrogens is 2. The van der Waals surface area contributed by atoms with E-state index in [0.29, 0.717) is 24.5 Å². The highest BCUT2D eigenvalue weighted by Crippen LogP contribution is 2.22. The maximum absolute atomic E-state index is 12.4. The molecule has 2 aromatic rings. The Morgan fingerprint density at radius 1 is 1.43 bits per heavy atom. The van der Waals surface area contributed by atoms with E-state index >= 15 is 0 Å². The highest BCUT2D eigenvalue weighted by atomic mass is 16.5.